The van der Waals surface area contributed by atoms with Crippen LogP contribution in [0.2, 0.25) is 0 Å². The number of nitrogens with zero attached hydrogens (tertiary/aromatic N) is 2. The fourth-order valence-electron chi connectivity index (χ4n) is 2.50. The van der Waals surface area contributed by atoms with Crippen molar-refractivity contribution in [3.8, 4) is 0 Å². The summed E-state index contributed by atoms with van der Waals surface area (Å²) in [6.45, 7) is -0.114. The molecule has 2 N–H and O–H groups in total. The Morgan fingerprint density at radius 2 is 1.07 bits per heavy atom. The van der Waals surface area contributed by atoms with Crippen molar-refractivity contribution in [1.82, 2.24) is 0 Å². The standard InChI is InChI=1S/C20H26N4O4/c1-23(2)17-11-7-5-9-15(17)21-19(25)27-13-14-28-20(26)22-16-10-6-8-12-18(16)24(3)4/h5-12H,13-14H2,1-4H3,(H,21,25)(H,22,26). The summed E-state index contributed by atoms with van der Waals surface area (Å²) < 4.78 is 10.1. The molecule has 0 aliphatic rings. The minimum Gasteiger partial charge on any atom is -0.446 e. The van der Waals surface area contributed by atoms with Crippen molar-refractivity contribution in [2.24, 2.45) is 0 Å². The van der Waals surface area contributed by atoms with E-state index >= 15 is 0 Å². The highest BCUT2D eigenvalue weighted by Crippen LogP contribution is 2.24. The van der Waals surface area contributed by atoms with Gasteiger partial charge in [0.05, 0.1) is 22.7 Å². The molecule has 0 aliphatic heterocycles. The second-order valence-electron chi connectivity index (χ2n) is 6.34. The summed E-state index contributed by atoms with van der Waals surface area (Å²) in [6.07, 6.45) is -1.23. The average molecular weight is 386 g/mol. The summed E-state index contributed by atoms with van der Waals surface area (Å²) in [5, 5.41) is 5.35. The third-order valence-electron chi connectivity index (χ3n) is 3.79. The number of para-hydroxylation sites is 4. The third kappa shape index (κ3) is 6.08. The van der Waals surface area contributed by atoms with Gasteiger partial charge in [-0.25, -0.2) is 9.59 Å². The second kappa shape index (κ2) is 10.1. The molecule has 2 aromatic carbocycles. The lowest BCUT2D eigenvalue weighted by Gasteiger charge is -2.18. The van der Waals surface area contributed by atoms with Gasteiger partial charge in [0, 0.05) is 28.2 Å². The quantitative estimate of drug-likeness (QED) is 0.707. The third-order valence-corrected chi connectivity index (χ3v) is 3.79. The van der Waals surface area contributed by atoms with Crippen LogP contribution in [0.1, 0.15) is 0 Å². The molecule has 28 heavy (non-hydrogen) atoms. The number of benzene rings is 2. The molecule has 0 heterocycles. The van der Waals surface area contributed by atoms with Gasteiger partial charge < -0.3 is 19.3 Å². The predicted octanol–water partition coefficient (Wildman–Crippen LogP) is 3.62. The summed E-state index contributed by atoms with van der Waals surface area (Å²) in [6, 6.07) is 14.7. The number of anilines is 4. The SMILES string of the molecule is CN(C)c1ccccc1NC(=O)OCCOC(=O)Nc1ccccc1N(C)C. The second-order valence-corrected chi connectivity index (χ2v) is 6.34. The molecular weight excluding hydrogens is 360 g/mol. The minimum atomic E-state index is -0.615. The van der Waals surface area contributed by atoms with Gasteiger partial charge in [-0.1, -0.05) is 24.3 Å². The first-order chi connectivity index (χ1) is 13.4. The minimum absolute atomic E-state index is 0.0568. The molecule has 2 amide bonds. The van der Waals surface area contributed by atoms with Crippen LogP contribution < -0.4 is 20.4 Å². The fraction of sp³-hybridized carbons (Fsp3) is 0.300. The molecule has 0 unspecified atom stereocenters. The number of hydrogen-bond acceptors (Lipinski definition) is 6. The molecule has 0 aliphatic carbocycles. The fourth-order valence-corrected chi connectivity index (χ4v) is 2.50. The first kappa shape index (κ1) is 20.9. The molecule has 2 rings (SSSR count). The van der Waals surface area contributed by atoms with Crippen LogP contribution in [0.25, 0.3) is 0 Å². The topological polar surface area (TPSA) is 83.1 Å². The highest BCUT2D eigenvalue weighted by atomic mass is 16.6. The summed E-state index contributed by atoms with van der Waals surface area (Å²) in [4.78, 5) is 27.6. The van der Waals surface area contributed by atoms with E-state index in [4.69, 9.17) is 9.47 Å². The van der Waals surface area contributed by atoms with Crippen molar-refractivity contribution in [2.75, 3.05) is 61.8 Å². The molecule has 0 saturated heterocycles. The molecule has 0 aromatic heterocycles. The molecule has 2 aromatic rings. The maximum Gasteiger partial charge on any atom is 0.411 e. The van der Waals surface area contributed by atoms with Crippen molar-refractivity contribution >= 4 is 34.9 Å². The number of nitrogens with one attached hydrogen (secondary N) is 2. The molecule has 0 spiro atoms. The van der Waals surface area contributed by atoms with Gasteiger partial charge in [-0.15, -0.1) is 0 Å². The van der Waals surface area contributed by atoms with Crippen LogP contribution >= 0.6 is 0 Å². The first-order valence-electron chi connectivity index (χ1n) is 8.78. The van der Waals surface area contributed by atoms with E-state index in [1.54, 1.807) is 12.1 Å². The van der Waals surface area contributed by atoms with Gasteiger partial charge in [0.25, 0.3) is 0 Å². The lowest BCUT2D eigenvalue weighted by atomic mass is 10.2. The highest BCUT2D eigenvalue weighted by molar-refractivity contribution is 5.90. The Hall–Kier alpha value is -3.42. The van der Waals surface area contributed by atoms with Crippen molar-refractivity contribution in [3.63, 3.8) is 0 Å². The van der Waals surface area contributed by atoms with E-state index in [9.17, 15) is 9.59 Å². The Bertz CT molecular complexity index is 741. The number of rotatable bonds is 7. The Kier molecular flexibility index (Phi) is 7.50. The highest BCUT2D eigenvalue weighted by Gasteiger charge is 2.11. The Morgan fingerprint density at radius 3 is 1.43 bits per heavy atom. The number of amides is 2. The van der Waals surface area contributed by atoms with E-state index in [-0.39, 0.29) is 13.2 Å². The average Bonchev–Trinajstić information content (AvgIpc) is 2.65. The maximum atomic E-state index is 11.9. The first-order valence-corrected chi connectivity index (χ1v) is 8.78. The summed E-state index contributed by atoms with van der Waals surface area (Å²) >= 11 is 0. The van der Waals surface area contributed by atoms with E-state index in [1.165, 1.54) is 0 Å². The predicted molar refractivity (Wildman–Crippen MR) is 111 cm³/mol. The van der Waals surface area contributed by atoms with Gasteiger partial charge in [-0.05, 0) is 24.3 Å². The van der Waals surface area contributed by atoms with Crippen molar-refractivity contribution < 1.29 is 19.1 Å². The van der Waals surface area contributed by atoms with Gasteiger partial charge in [0.2, 0.25) is 0 Å². The molecular formula is C20H26N4O4. The van der Waals surface area contributed by atoms with Crippen molar-refractivity contribution in [1.29, 1.82) is 0 Å². The summed E-state index contributed by atoms with van der Waals surface area (Å²) in [7, 11) is 7.53. The summed E-state index contributed by atoms with van der Waals surface area (Å²) in [5.74, 6) is 0. The molecule has 150 valence electrons. The van der Waals surface area contributed by atoms with Gasteiger partial charge >= 0.3 is 12.2 Å². The van der Waals surface area contributed by atoms with Crippen molar-refractivity contribution in [3.05, 3.63) is 48.5 Å². The van der Waals surface area contributed by atoms with E-state index in [0.29, 0.717) is 11.4 Å². The van der Waals surface area contributed by atoms with Crippen LogP contribution in [0.4, 0.5) is 32.3 Å². The summed E-state index contributed by atoms with van der Waals surface area (Å²) in [5.41, 5.74) is 2.98. The zero-order valence-electron chi connectivity index (χ0n) is 16.6. The van der Waals surface area contributed by atoms with E-state index in [2.05, 4.69) is 10.6 Å². The van der Waals surface area contributed by atoms with Gasteiger partial charge in [0.15, 0.2) is 0 Å². The normalized spacial score (nSPS) is 10.0. The smallest absolute Gasteiger partial charge is 0.411 e. The Labute approximate surface area is 165 Å². The van der Waals surface area contributed by atoms with Crippen molar-refractivity contribution in [2.45, 2.75) is 0 Å². The molecule has 8 heteroatoms. The van der Waals surface area contributed by atoms with Crippen LogP contribution in [0.15, 0.2) is 48.5 Å². The van der Waals surface area contributed by atoms with E-state index < -0.39 is 12.2 Å². The van der Waals surface area contributed by atoms with E-state index in [1.807, 2.05) is 74.4 Å². The Balaban J connectivity index is 1.76. The van der Waals surface area contributed by atoms with Crippen LogP contribution in [0.5, 0.6) is 0 Å². The molecule has 0 saturated carbocycles. The monoisotopic (exact) mass is 386 g/mol. The van der Waals surface area contributed by atoms with Crippen LogP contribution in [-0.2, 0) is 9.47 Å². The number of carbonyl (C=O) groups is 2. The molecule has 0 radical (unpaired) electrons. The molecule has 0 atom stereocenters. The lowest BCUT2D eigenvalue weighted by Crippen LogP contribution is -2.22. The van der Waals surface area contributed by atoms with E-state index in [0.717, 1.165) is 11.4 Å². The Morgan fingerprint density at radius 1 is 0.714 bits per heavy atom. The van der Waals surface area contributed by atoms with Crippen LogP contribution in [-0.4, -0.2) is 53.6 Å². The lowest BCUT2D eigenvalue weighted by molar-refractivity contribution is 0.110. The van der Waals surface area contributed by atoms with Crippen LogP contribution in [0, 0.1) is 0 Å². The number of hydrogen-bond donors (Lipinski definition) is 2. The zero-order valence-corrected chi connectivity index (χ0v) is 16.6. The zero-order chi connectivity index (χ0) is 20.5. The van der Waals surface area contributed by atoms with Gasteiger partial charge in [0.1, 0.15) is 13.2 Å². The molecule has 0 bridgehead atoms. The molecule has 0 fully saturated rings. The van der Waals surface area contributed by atoms with Gasteiger partial charge in [-0.2, -0.15) is 0 Å². The maximum absolute atomic E-state index is 11.9. The van der Waals surface area contributed by atoms with Gasteiger partial charge in [-0.3, -0.25) is 10.6 Å². The van der Waals surface area contributed by atoms with Crippen LogP contribution in [0.3, 0.4) is 0 Å². The number of carbonyl (C=O) groups excluding carboxylic acids is 2. The molecule has 8 nitrogen and oxygen atoms in total. The number of ether oxygens (including phenoxy) is 2. The largest absolute Gasteiger partial charge is 0.446 e.